The largest absolute Gasteiger partial charge is 0.366 e. The number of pyridine rings is 2. The Hall–Kier alpha value is -2.96. The number of fused-ring (bicyclic) bond motifs is 1. The van der Waals surface area contributed by atoms with Gasteiger partial charge >= 0.3 is 0 Å². The van der Waals surface area contributed by atoms with Gasteiger partial charge in [0.05, 0.1) is 0 Å². The van der Waals surface area contributed by atoms with E-state index in [1.54, 1.807) is 29.0 Å². The van der Waals surface area contributed by atoms with Crippen molar-refractivity contribution in [3.8, 4) is 11.1 Å². The molecule has 0 saturated carbocycles. The van der Waals surface area contributed by atoms with Crippen LogP contribution in [0.3, 0.4) is 0 Å². The van der Waals surface area contributed by atoms with E-state index in [2.05, 4.69) is 21.1 Å². The topological polar surface area (TPSA) is 112 Å². The Kier molecular flexibility index (Phi) is 2.38. The fourth-order valence-corrected chi connectivity index (χ4v) is 1.72. The second-order valence-electron chi connectivity index (χ2n) is 3.91. The molecule has 0 spiro atoms. The molecule has 0 atom stereocenters. The van der Waals surface area contributed by atoms with Crippen LogP contribution in [0.4, 0.5) is 5.95 Å². The van der Waals surface area contributed by atoms with E-state index in [0.717, 1.165) is 11.1 Å². The average Bonchev–Trinajstić information content (AvgIpc) is 2.77. The van der Waals surface area contributed by atoms with Crippen molar-refractivity contribution < 1.29 is 4.79 Å². The Morgan fingerprint density at radius 2 is 2.16 bits per heavy atom. The molecule has 19 heavy (non-hydrogen) atoms. The molecule has 93 valence electrons. The lowest BCUT2D eigenvalue weighted by molar-refractivity contribution is 0.0995. The highest BCUT2D eigenvalue weighted by molar-refractivity contribution is 5.90. The fourth-order valence-electron chi connectivity index (χ4n) is 1.72. The Bertz CT molecular complexity index is 761. The fraction of sp³-hybridized carbons (Fsp3) is 0. The number of hydrogen-bond donors (Lipinski definition) is 2. The van der Waals surface area contributed by atoms with Gasteiger partial charge in [-0.1, -0.05) is 0 Å². The quantitative estimate of drug-likeness (QED) is 0.680. The molecule has 3 heterocycles. The smallest absolute Gasteiger partial charge is 0.267 e. The summed E-state index contributed by atoms with van der Waals surface area (Å²) in [6.45, 7) is 0. The van der Waals surface area contributed by atoms with Crippen LogP contribution in [0.15, 0.2) is 30.6 Å². The Morgan fingerprint density at radius 3 is 2.84 bits per heavy atom. The Labute approximate surface area is 107 Å². The zero-order valence-electron chi connectivity index (χ0n) is 9.74. The van der Waals surface area contributed by atoms with Gasteiger partial charge in [0.2, 0.25) is 5.95 Å². The number of primary amides is 1. The molecule has 0 bridgehead atoms. The lowest BCUT2D eigenvalue weighted by Gasteiger charge is -2.02. The Morgan fingerprint density at radius 1 is 1.32 bits per heavy atom. The molecule has 3 rings (SSSR count). The minimum Gasteiger partial charge on any atom is -0.366 e. The van der Waals surface area contributed by atoms with Crippen molar-refractivity contribution in [2.75, 3.05) is 5.73 Å². The molecule has 0 aromatic carbocycles. The monoisotopic (exact) mass is 253 g/mol. The molecule has 0 saturated heterocycles. The van der Waals surface area contributed by atoms with E-state index in [0.29, 0.717) is 5.65 Å². The maximum Gasteiger partial charge on any atom is 0.267 e. The highest BCUT2D eigenvalue weighted by Gasteiger charge is 2.06. The highest BCUT2D eigenvalue weighted by atomic mass is 16.1. The molecule has 0 fully saturated rings. The second-order valence-corrected chi connectivity index (χ2v) is 3.91. The molecule has 7 nitrogen and oxygen atoms in total. The van der Waals surface area contributed by atoms with Gasteiger partial charge in [0.1, 0.15) is 5.69 Å². The van der Waals surface area contributed by atoms with Gasteiger partial charge in [-0.05, 0) is 18.2 Å². The van der Waals surface area contributed by atoms with Crippen LogP contribution in [-0.4, -0.2) is 25.5 Å². The third-order valence-corrected chi connectivity index (χ3v) is 2.61. The van der Waals surface area contributed by atoms with Crippen molar-refractivity contribution >= 4 is 17.5 Å². The minimum atomic E-state index is -0.606. The summed E-state index contributed by atoms with van der Waals surface area (Å²) in [5, 5.41) is 4.02. The van der Waals surface area contributed by atoms with Gasteiger partial charge in [-0.3, -0.25) is 4.79 Å². The third kappa shape index (κ3) is 1.97. The molecule has 7 heteroatoms. The first-order valence-corrected chi connectivity index (χ1v) is 5.43. The number of anilines is 1. The summed E-state index contributed by atoms with van der Waals surface area (Å²) in [5.41, 5.74) is 13.0. The van der Waals surface area contributed by atoms with Gasteiger partial charge in [-0.15, -0.1) is 5.10 Å². The van der Waals surface area contributed by atoms with Crippen LogP contribution < -0.4 is 11.5 Å². The number of aromatic nitrogens is 4. The van der Waals surface area contributed by atoms with E-state index in [-0.39, 0.29) is 11.6 Å². The van der Waals surface area contributed by atoms with Crippen molar-refractivity contribution in [3.05, 3.63) is 42.4 Å². The molecule has 1 amide bonds. The van der Waals surface area contributed by atoms with Gasteiger partial charge in [0.15, 0.2) is 5.65 Å². The summed E-state index contributed by atoms with van der Waals surface area (Å²) in [5.74, 6) is -0.392. The maximum atomic E-state index is 10.9. The van der Waals surface area contributed by atoms with Crippen LogP contribution >= 0.6 is 0 Å². The van der Waals surface area contributed by atoms with Crippen molar-refractivity contribution in [1.29, 1.82) is 0 Å². The molecule has 4 N–H and O–H groups in total. The summed E-state index contributed by atoms with van der Waals surface area (Å²) in [6.07, 6.45) is 3.32. The van der Waals surface area contributed by atoms with Crippen LogP contribution in [0.1, 0.15) is 10.5 Å². The molecule has 3 aromatic heterocycles. The zero-order chi connectivity index (χ0) is 13.4. The SMILES string of the molecule is NC(=O)c1[c]cc(-c2ccc3nc(N)nn3c2)cn1. The normalized spacial score (nSPS) is 10.7. The predicted molar refractivity (Wildman–Crippen MR) is 68.0 cm³/mol. The molecule has 0 aliphatic carbocycles. The van der Waals surface area contributed by atoms with Gasteiger partial charge in [-0.25, -0.2) is 9.50 Å². The first kappa shape index (κ1) is 11.1. The van der Waals surface area contributed by atoms with E-state index in [1.165, 1.54) is 0 Å². The lowest BCUT2D eigenvalue weighted by atomic mass is 10.1. The summed E-state index contributed by atoms with van der Waals surface area (Å²) >= 11 is 0. The predicted octanol–water partition coefficient (Wildman–Crippen LogP) is 0.273. The molecule has 0 unspecified atom stereocenters. The van der Waals surface area contributed by atoms with E-state index in [4.69, 9.17) is 11.5 Å². The van der Waals surface area contributed by atoms with Gasteiger partial charge in [0, 0.05) is 29.6 Å². The van der Waals surface area contributed by atoms with Gasteiger partial charge in [-0.2, -0.15) is 4.98 Å². The van der Waals surface area contributed by atoms with E-state index in [1.807, 2.05) is 6.07 Å². The van der Waals surface area contributed by atoms with Crippen molar-refractivity contribution in [2.24, 2.45) is 5.73 Å². The number of carbonyl (C=O) groups is 1. The van der Waals surface area contributed by atoms with Crippen molar-refractivity contribution in [3.63, 3.8) is 0 Å². The summed E-state index contributed by atoms with van der Waals surface area (Å²) in [6, 6.07) is 8.03. The first-order chi connectivity index (χ1) is 9.13. The number of carbonyl (C=O) groups excluding carboxylic acids is 1. The maximum absolute atomic E-state index is 10.9. The minimum absolute atomic E-state index is 0.106. The van der Waals surface area contributed by atoms with E-state index >= 15 is 0 Å². The zero-order valence-corrected chi connectivity index (χ0v) is 9.74. The number of nitrogens with two attached hydrogens (primary N) is 2. The first-order valence-electron chi connectivity index (χ1n) is 5.43. The lowest BCUT2D eigenvalue weighted by Crippen LogP contribution is -2.12. The molecule has 0 aliphatic rings. The second kappa shape index (κ2) is 4.05. The molecule has 3 aromatic rings. The van der Waals surface area contributed by atoms with Crippen LogP contribution in [0, 0.1) is 6.07 Å². The standard InChI is InChI=1S/C12H9N6O/c13-11(19)9-3-1-7(5-15-9)8-2-4-10-16-12(14)17-18(10)6-8/h1-2,4-6H,(H2,13,19)(H2,14,17). The van der Waals surface area contributed by atoms with Crippen molar-refractivity contribution in [1.82, 2.24) is 19.6 Å². The summed E-state index contributed by atoms with van der Waals surface area (Å²) < 4.78 is 1.58. The van der Waals surface area contributed by atoms with Crippen LogP contribution in [0.25, 0.3) is 16.8 Å². The van der Waals surface area contributed by atoms with Gasteiger partial charge < -0.3 is 11.5 Å². The number of rotatable bonds is 2. The number of hydrogen-bond acceptors (Lipinski definition) is 5. The molecule has 0 aliphatic heterocycles. The third-order valence-electron chi connectivity index (χ3n) is 2.61. The summed E-state index contributed by atoms with van der Waals surface area (Å²) in [7, 11) is 0. The number of nitrogen functional groups attached to an aromatic ring is 1. The van der Waals surface area contributed by atoms with E-state index in [9.17, 15) is 4.79 Å². The van der Waals surface area contributed by atoms with Gasteiger partial charge in [0.25, 0.3) is 5.91 Å². The number of amides is 1. The molecular weight excluding hydrogens is 244 g/mol. The highest BCUT2D eigenvalue weighted by Crippen LogP contribution is 2.18. The average molecular weight is 253 g/mol. The van der Waals surface area contributed by atoms with E-state index < -0.39 is 5.91 Å². The summed E-state index contributed by atoms with van der Waals surface area (Å²) in [4.78, 5) is 18.9. The molecular formula is C12H9N6O. The van der Waals surface area contributed by atoms with Crippen LogP contribution in [0.2, 0.25) is 0 Å². The Balaban J connectivity index is 2.05. The van der Waals surface area contributed by atoms with Crippen molar-refractivity contribution in [2.45, 2.75) is 0 Å². The number of nitrogens with zero attached hydrogens (tertiary/aromatic N) is 4. The molecule has 1 radical (unpaired) electrons. The van der Waals surface area contributed by atoms with Crippen LogP contribution in [0.5, 0.6) is 0 Å². The van der Waals surface area contributed by atoms with Crippen LogP contribution in [-0.2, 0) is 0 Å².